The van der Waals surface area contributed by atoms with Gasteiger partial charge in [-0.3, -0.25) is 4.79 Å². The summed E-state index contributed by atoms with van der Waals surface area (Å²) in [6, 6.07) is 1.05. The van der Waals surface area contributed by atoms with Gasteiger partial charge in [0.25, 0.3) is 0 Å². The minimum absolute atomic E-state index is 0.234. The van der Waals surface area contributed by atoms with Crippen LogP contribution in [0.3, 0.4) is 0 Å². The van der Waals surface area contributed by atoms with E-state index in [0.717, 1.165) is 45.6 Å². The predicted molar refractivity (Wildman–Crippen MR) is 55.5 cm³/mol. The van der Waals surface area contributed by atoms with Crippen LogP contribution >= 0.6 is 0 Å². The van der Waals surface area contributed by atoms with Crippen molar-refractivity contribution in [2.75, 3.05) is 26.3 Å². The molecule has 2 bridgehead atoms. The number of hydrogen-bond acceptors (Lipinski definition) is 3. The Bertz CT molecular complexity index is 263. The number of carbonyl (C=O) groups is 1. The number of piperazine rings is 1. The Morgan fingerprint density at radius 1 is 1.33 bits per heavy atom. The number of hydrogen-bond donors (Lipinski definition) is 1. The molecule has 0 aliphatic carbocycles. The first-order chi connectivity index (χ1) is 7.34. The molecule has 4 nitrogen and oxygen atoms in total. The van der Waals surface area contributed by atoms with Gasteiger partial charge in [0.05, 0.1) is 0 Å². The zero-order valence-electron chi connectivity index (χ0n) is 8.95. The Labute approximate surface area is 90.0 Å². The maximum atomic E-state index is 12.2. The lowest BCUT2D eigenvalue weighted by atomic mass is 9.98. The summed E-state index contributed by atoms with van der Waals surface area (Å²) < 4.78 is 5.29. The highest BCUT2D eigenvalue weighted by atomic mass is 16.5. The lowest BCUT2D eigenvalue weighted by Crippen LogP contribution is -2.49. The Balaban J connectivity index is 1.64. The number of nitrogens with one attached hydrogen (secondary N) is 1. The van der Waals surface area contributed by atoms with Gasteiger partial charge in [-0.1, -0.05) is 0 Å². The predicted octanol–water partition coefficient (Wildman–Crippen LogP) is -0.0143. The maximum absolute atomic E-state index is 12.2. The Morgan fingerprint density at radius 3 is 2.73 bits per heavy atom. The minimum Gasteiger partial charge on any atom is -0.381 e. The van der Waals surface area contributed by atoms with Crippen LogP contribution in [0.4, 0.5) is 0 Å². The molecule has 3 aliphatic rings. The summed E-state index contributed by atoms with van der Waals surface area (Å²) in [7, 11) is 0. The molecule has 2 atom stereocenters. The average Bonchev–Trinajstić information content (AvgIpc) is 2.91. The molecule has 3 fully saturated rings. The molecule has 0 aromatic rings. The Morgan fingerprint density at radius 2 is 2.13 bits per heavy atom. The molecular weight excluding hydrogens is 192 g/mol. The van der Waals surface area contributed by atoms with E-state index in [0.29, 0.717) is 18.0 Å². The number of rotatable bonds is 1. The van der Waals surface area contributed by atoms with Gasteiger partial charge in [-0.05, 0) is 19.3 Å². The molecule has 1 amide bonds. The highest BCUT2D eigenvalue weighted by molar-refractivity contribution is 5.79. The quantitative estimate of drug-likeness (QED) is 0.661. The van der Waals surface area contributed by atoms with Crippen molar-refractivity contribution >= 4 is 5.91 Å². The van der Waals surface area contributed by atoms with Gasteiger partial charge in [0.15, 0.2) is 0 Å². The maximum Gasteiger partial charge on any atom is 0.226 e. The second kappa shape index (κ2) is 3.76. The van der Waals surface area contributed by atoms with Crippen molar-refractivity contribution in [3.05, 3.63) is 0 Å². The van der Waals surface area contributed by atoms with Crippen molar-refractivity contribution in [3.63, 3.8) is 0 Å². The van der Waals surface area contributed by atoms with Gasteiger partial charge in [0.2, 0.25) is 5.91 Å². The van der Waals surface area contributed by atoms with E-state index in [4.69, 9.17) is 4.74 Å². The normalized spacial score (nSPS) is 36.1. The van der Waals surface area contributed by atoms with Gasteiger partial charge < -0.3 is 15.0 Å². The number of likely N-dealkylation sites (tertiary alicyclic amines) is 1. The van der Waals surface area contributed by atoms with E-state index < -0.39 is 0 Å². The van der Waals surface area contributed by atoms with Crippen molar-refractivity contribution in [3.8, 4) is 0 Å². The molecule has 0 spiro atoms. The number of carbonyl (C=O) groups excluding carboxylic acids is 1. The lowest BCUT2D eigenvalue weighted by molar-refractivity contribution is -0.139. The van der Waals surface area contributed by atoms with Gasteiger partial charge in [0, 0.05) is 44.3 Å². The van der Waals surface area contributed by atoms with Crippen LogP contribution in [0.2, 0.25) is 0 Å². The molecule has 3 saturated heterocycles. The molecule has 2 unspecified atom stereocenters. The van der Waals surface area contributed by atoms with E-state index in [1.807, 2.05) is 0 Å². The molecule has 3 heterocycles. The second-order valence-electron chi connectivity index (χ2n) is 4.87. The van der Waals surface area contributed by atoms with E-state index in [1.165, 1.54) is 0 Å². The second-order valence-corrected chi connectivity index (χ2v) is 4.87. The number of amides is 1. The fourth-order valence-corrected chi connectivity index (χ4v) is 3.01. The van der Waals surface area contributed by atoms with E-state index in [1.54, 1.807) is 0 Å². The molecule has 4 heteroatoms. The van der Waals surface area contributed by atoms with E-state index >= 15 is 0 Å². The van der Waals surface area contributed by atoms with E-state index in [2.05, 4.69) is 10.2 Å². The van der Waals surface area contributed by atoms with Crippen molar-refractivity contribution in [1.82, 2.24) is 10.2 Å². The molecule has 0 aromatic heterocycles. The molecular formula is C11H18N2O2. The van der Waals surface area contributed by atoms with Crippen LogP contribution in [0, 0.1) is 5.92 Å². The Kier molecular flexibility index (Phi) is 2.41. The molecule has 15 heavy (non-hydrogen) atoms. The van der Waals surface area contributed by atoms with Crippen molar-refractivity contribution < 1.29 is 9.53 Å². The van der Waals surface area contributed by atoms with Gasteiger partial charge in [0.1, 0.15) is 0 Å². The summed E-state index contributed by atoms with van der Waals surface area (Å²) in [5.41, 5.74) is 0. The van der Waals surface area contributed by atoms with E-state index in [-0.39, 0.29) is 5.92 Å². The van der Waals surface area contributed by atoms with Gasteiger partial charge in [-0.2, -0.15) is 0 Å². The number of ether oxygens (including phenoxy) is 1. The lowest BCUT2D eigenvalue weighted by Gasteiger charge is -2.32. The van der Waals surface area contributed by atoms with Gasteiger partial charge >= 0.3 is 0 Å². The summed E-state index contributed by atoms with van der Waals surface area (Å²) in [6.07, 6.45) is 3.00. The SMILES string of the molecule is O=C(C1CCOCC1)N1CC2CC1CN2. The first kappa shape index (κ1) is 9.60. The molecule has 84 valence electrons. The number of fused-ring (bicyclic) bond motifs is 2. The summed E-state index contributed by atoms with van der Waals surface area (Å²) in [4.78, 5) is 14.3. The third-order valence-corrected chi connectivity index (χ3v) is 3.91. The van der Waals surface area contributed by atoms with Crippen LogP contribution < -0.4 is 5.32 Å². The molecule has 0 saturated carbocycles. The standard InChI is InChI=1S/C11H18N2O2/c14-11(8-1-3-15-4-2-8)13-7-9-5-10(13)6-12-9/h8-10,12H,1-7H2. The first-order valence-corrected chi connectivity index (χ1v) is 5.96. The highest BCUT2D eigenvalue weighted by Gasteiger charge is 2.41. The Hall–Kier alpha value is -0.610. The fourth-order valence-electron chi connectivity index (χ4n) is 3.01. The molecule has 0 radical (unpaired) electrons. The summed E-state index contributed by atoms with van der Waals surface area (Å²) in [5, 5.41) is 3.43. The summed E-state index contributed by atoms with van der Waals surface area (Å²) >= 11 is 0. The van der Waals surface area contributed by atoms with Crippen LogP contribution in [-0.4, -0.2) is 49.2 Å². The average molecular weight is 210 g/mol. The largest absolute Gasteiger partial charge is 0.381 e. The molecule has 3 aliphatic heterocycles. The molecule has 0 aromatic carbocycles. The zero-order chi connectivity index (χ0) is 10.3. The topological polar surface area (TPSA) is 41.6 Å². The van der Waals surface area contributed by atoms with Crippen LogP contribution in [0.1, 0.15) is 19.3 Å². The van der Waals surface area contributed by atoms with Crippen LogP contribution in [0.5, 0.6) is 0 Å². The molecule has 1 N–H and O–H groups in total. The third-order valence-electron chi connectivity index (χ3n) is 3.91. The smallest absolute Gasteiger partial charge is 0.226 e. The minimum atomic E-state index is 0.234. The van der Waals surface area contributed by atoms with Gasteiger partial charge in [-0.15, -0.1) is 0 Å². The van der Waals surface area contributed by atoms with Crippen LogP contribution in [0.15, 0.2) is 0 Å². The summed E-state index contributed by atoms with van der Waals surface area (Å²) in [6.45, 7) is 3.45. The third kappa shape index (κ3) is 1.66. The van der Waals surface area contributed by atoms with Crippen molar-refractivity contribution in [1.29, 1.82) is 0 Å². The number of nitrogens with zero attached hydrogens (tertiary/aromatic N) is 1. The highest BCUT2D eigenvalue weighted by Crippen LogP contribution is 2.27. The van der Waals surface area contributed by atoms with Gasteiger partial charge in [-0.25, -0.2) is 0 Å². The fraction of sp³-hybridized carbons (Fsp3) is 0.909. The monoisotopic (exact) mass is 210 g/mol. The molecule has 3 rings (SSSR count). The first-order valence-electron chi connectivity index (χ1n) is 5.96. The van der Waals surface area contributed by atoms with Crippen LogP contribution in [-0.2, 0) is 9.53 Å². The van der Waals surface area contributed by atoms with E-state index in [9.17, 15) is 4.79 Å². The van der Waals surface area contributed by atoms with Crippen molar-refractivity contribution in [2.45, 2.75) is 31.3 Å². The zero-order valence-corrected chi connectivity index (χ0v) is 8.95. The van der Waals surface area contributed by atoms with Crippen LogP contribution in [0.25, 0.3) is 0 Å². The summed E-state index contributed by atoms with van der Waals surface area (Å²) in [5.74, 6) is 0.616. The van der Waals surface area contributed by atoms with Crippen molar-refractivity contribution in [2.24, 2.45) is 5.92 Å².